The number of halogens is 1. The molecule has 5 heteroatoms. The highest BCUT2D eigenvalue weighted by Crippen LogP contribution is 2.24. The molecule has 0 aliphatic heterocycles. The van der Waals surface area contributed by atoms with Gasteiger partial charge in [0.2, 0.25) is 0 Å². The van der Waals surface area contributed by atoms with Gasteiger partial charge in [0.25, 0.3) is 5.91 Å². The van der Waals surface area contributed by atoms with Crippen LogP contribution in [0.4, 0.5) is 5.69 Å². The number of hydrogen-bond acceptors (Lipinski definition) is 3. The molecule has 4 nitrogen and oxygen atoms in total. The minimum atomic E-state index is -0.231. The molecule has 1 N–H and O–H groups in total. The van der Waals surface area contributed by atoms with E-state index in [1.54, 1.807) is 19.2 Å². The first kappa shape index (κ1) is 19.0. The third-order valence-corrected chi connectivity index (χ3v) is 4.51. The van der Waals surface area contributed by atoms with Crippen molar-refractivity contribution in [3.63, 3.8) is 0 Å². The van der Waals surface area contributed by atoms with E-state index in [-0.39, 0.29) is 5.91 Å². The number of benzene rings is 3. The maximum atomic E-state index is 12.5. The quantitative estimate of drug-likeness (QED) is 0.556. The summed E-state index contributed by atoms with van der Waals surface area (Å²) < 4.78 is 11.8. The van der Waals surface area contributed by atoms with Gasteiger partial charge in [0.1, 0.15) is 11.5 Å². The van der Waals surface area contributed by atoms with Gasteiger partial charge in [-0.3, -0.25) is 4.79 Å². The predicted molar refractivity (Wildman–Crippen MR) is 111 cm³/mol. The molecule has 0 radical (unpaired) electrons. The fourth-order valence-corrected chi connectivity index (χ4v) is 2.98. The van der Waals surface area contributed by atoms with Crippen LogP contribution in [0.25, 0.3) is 0 Å². The van der Waals surface area contributed by atoms with Crippen LogP contribution in [0.5, 0.6) is 11.5 Å². The Labute approximate surface area is 167 Å². The number of rotatable bonds is 7. The van der Waals surface area contributed by atoms with E-state index in [0.717, 1.165) is 16.6 Å². The van der Waals surface area contributed by atoms with E-state index >= 15 is 0 Å². The number of hydrogen-bond donors (Lipinski definition) is 1. The van der Waals surface area contributed by atoms with Crippen LogP contribution in [0.15, 0.2) is 77.3 Å². The van der Waals surface area contributed by atoms with Gasteiger partial charge in [-0.15, -0.1) is 0 Å². The molecule has 0 fully saturated rings. The van der Waals surface area contributed by atoms with Crippen molar-refractivity contribution in [3.8, 4) is 11.5 Å². The highest BCUT2D eigenvalue weighted by Gasteiger charge is 2.13. The van der Waals surface area contributed by atoms with Gasteiger partial charge in [-0.2, -0.15) is 0 Å². The summed E-state index contributed by atoms with van der Waals surface area (Å²) in [5, 5.41) is 2.87. The number of methoxy groups -OCH3 is 1. The van der Waals surface area contributed by atoms with Gasteiger partial charge in [0.05, 0.1) is 19.3 Å². The molecule has 0 saturated heterocycles. The monoisotopic (exact) mass is 425 g/mol. The molecule has 3 rings (SSSR count). The van der Waals surface area contributed by atoms with Crippen LogP contribution < -0.4 is 14.8 Å². The second-order valence-electron chi connectivity index (χ2n) is 5.91. The fourth-order valence-electron chi connectivity index (χ4n) is 2.62. The number of ether oxygens (including phenoxy) is 2. The molecular formula is C22H20BrNO3. The molecular weight excluding hydrogens is 406 g/mol. The van der Waals surface area contributed by atoms with E-state index in [1.807, 2.05) is 48.5 Å². The Bertz CT molecular complexity index is 895. The zero-order chi connectivity index (χ0) is 19.1. The van der Waals surface area contributed by atoms with Crippen molar-refractivity contribution in [2.24, 2.45) is 0 Å². The third kappa shape index (κ3) is 5.34. The maximum Gasteiger partial charge on any atom is 0.259 e. The van der Waals surface area contributed by atoms with Crippen LogP contribution in [0.2, 0.25) is 0 Å². The van der Waals surface area contributed by atoms with Gasteiger partial charge in [0.15, 0.2) is 0 Å². The molecule has 0 aliphatic rings. The maximum absolute atomic E-state index is 12.5. The molecule has 0 atom stereocenters. The van der Waals surface area contributed by atoms with Gasteiger partial charge in [0, 0.05) is 16.6 Å². The van der Waals surface area contributed by atoms with E-state index in [1.165, 1.54) is 5.56 Å². The molecule has 0 bridgehead atoms. The summed E-state index contributed by atoms with van der Waals surface area (Å²) in [6.07, 6.45) is 0.849. The second-order valence-corrected chi connectivity index (χ2v) is 6.82. The van der Waals surface area contributed by atoms with Crippen molar-refractivity contribution in [2.75, 3.05) is 19.0 Å². The van der Waals surface area contributed by atoms with Crippen molar-refractivity contribution < 1.29 is 14.3 Å². The van der Waals surface area contributed by atoms with Crippen LogP contribution in [0, 0.1) is 0 Å². The average molecular weight is 426 g/mol. The zero-order valence-corrected chi connectivity index (χ0v) is 16.5. The lowest BCUT2D eigenvalue weighted by Crippen LogP contribution is -2.13. The number of amides is 1. The molecule has 1 amide bonds. The van der Waals surface area contributed by atoms with E-state index < -0.39 is 0 Å². The smallest absolute Gasteiger partial charge is 0.259 e. The number of carbonyl (C=O) groups is 1. The van der Waals surface area contributed by atoms with Gasteiger partial charge in [-0.1, -0.05) is 46.3 Å². The molecule has 27 heavy (non-hydrogen) atoms. The Kier molecular flexibility index (Phi) is 6.49. The molecule has 0 aromatic heterocycles. The van der Waals surface area contributed by atoms with E-state index in [2.05, 4.69) is 33.4 Å². The normalized spacial score (nSPS) is 10.3. The molecule has 138 valence electrons. The van der Waals surface area contributed by atoms with Gasteiger partial charge >= 0.3 is 0 Å². The van der Waals surface area contributed by atoms with Crippen LogP contribution >= 0.6 is 15.9 Å². The average Bonchev–Trinajstić information content (AvgIpc) is 2.70. The van der Waals surface area contributed by atoms with Crippen LogP contribution in [-0.4, -0.2) is 19.6 Å². The minimum absolute atomic E-state index is 0.231. The third-order valence-electron chi connectivity index (χ3n) is 4.02. The molecule has 0 spiro atoms. The molecule has 0 unspecified atom stereocenters. The standard InChI is InChI=1S/C22H20BrNO3/c1-26-21-12-7-17(23)15-20(21)22(25)24-18-8-10-19(11-9-18)27-14-13-16-5-3-2-4-6-16/h2-12,15H,13-14H2,1H3,(H,24,25). The number of carbonyl (C=O) groups excluding carboxylic acids is 1. The lowest BCUT2D eigenvalue weighted by molar-refractivity contribution is 0.102. The summed E-state index contributed by atoms with van der Waals surface area (Å²) in [5.41, 5.74) is 2.40. The number of anilines is 1. The summed E-state index contributed by atoms with van der Waals surface area (Å²) >= 11 is 3.38. The van der Waals surface area contributed by atoms with Crippen molar-refractivity contribution in [1.29, 1.82) is 0 Å². The topological polar surface area (TPSA) is 47.6 Å². The highest BCUT2D eigenvalue weighted by molar-refractivity contribution is 9.10. The largest absolute Gasteiger partial charge is 0.496 e. The van der Waals surface area contributed by atoms with E-state index in [4.69, 9.17) is 9.47 Å². The Morgan fingerprint density at radius 1 is 1.00 bits per heavy atom. The Balaban J connectivity index is 1.57. The molecule has 3 aromatic carbocycles. The van der Waals surface area contributed by atoms with Gasteiger partial charge < -0.3 is 14.8 Å². The summed E-state index contributed by atoms with van der Waals surface area (Å²) in [4.78, 5) is 12.5. The fraction of sp³-hybridized carbons (Fsp3) is 0.136. The van der Waals surface area contributed by atoms with Crippen molar-refractivity contribution >= 4 is 27.5 Å². The minimum Gasteiger partial charge on any atom is -0.496 e. The van der Waals surface area contributed by atoms with Crippen molar-refractivity contribution in [2.45, 2.75) is 6.42 Å². The molecule has 3 aromatic rings. The first-order valence-electron chi connectivity index (χ1n) is 8.57. The summed E-state index contributed by atoms with van der Waals surface area (Å²) in [6.45, 7) is 0.602. The highest BCUT2D eigenvalue weighted by atomic mass is 79.9. The Morgan fingerprint density at radius 2 is 1.74 bits per heavy atom. The zero-order valence-electron chi connectivity index (χ0n) is 14.9. The molecule has 0 aliphatic carbocycles. The van der Waals surface area contributed by atoms with E-state index in [9.17, 15) is 4.79 Å². The lowest BCUT2D eigenvalue weighted by atomic mass is 10.2. The van der Waals surface area contributed by atoms with Crippen molar-refractivity contribution in [3.05, 3.63) is 88.4 Å². The SMILES string of the molecule is COc1ccc(Br)cc1C(=O)Nc1ccc(OCCc2ccccc2)cc1. The first-order chi connectivity index (χ1) is 13.2. The van der Waals surface area contributed by atoms with E-state index in [0.29, 0.717) is 23.6 Å². The molecule has 0 heterocycles. The molecule has 0 saturated carbocycles. The van der Waals surface area contributed by atoms with Crippen LogP contribution in [-0.2, 0) is 6.42 Å². The van der Waals surface area contributed by atoms with Gasteiger partial charge in [-0.25, -0.2) is 0 Å². The second kappa shape index (κ2) is 9.24. The van der Waals surface area contributed by atoms with Crippen molar-refractivity contribution in [1.82, 2.24) is 0 Å². The van der Waals surface area contributed by atoms with Crippen LogP contribution in [0.3, 0.4) is 0 Å². The predicted octanol–water partition coefficient (Wildman–Crippen LogP) is 5.33. The van der Waals surface area contributed by atoms with Crippen LogP contribution in [0.1, 0.15) is 15.9 Å². The van der Waals surface area contributed by atoms with Gasteiger partial charge in [-0.05, 0) is 48.0 Å². The number of nitrogens with one attached hydrogen (secondary N) is 1. The Morgan fingerprint density at radius 3 is 2.44 bits per heavy atom. The first-order valence-corrected chi connectivity index (χ1v) is 9.36. The summed E-state index contributed by atoms with van der Waals surface area (Å²) in [5.74, 6) is 1.06. The lowest BCUT2D eigenvalue weighted by Gasteiger charge is -2.11. The summed E-state index contributed by atoms with van der Waals surface area (Å²) in [7, 11) is 1.54. The summed E-state index contributed by atoms with van der Waals surface area (Å²) in [6, 6.07) is 22.9. The Hall–Kier alpha value is -2.79.